The van der Waals surface area contributed by atoms with Crippen LogP contribution >= 0.6 is 0 Å². The fourth-order valence-electron chi connectivity index (χ4n) is 0.868. The average Bonchev–Trinajstić information content (AvgIpc) is 2.51. The van der Waals surface area contributed by atoms with Crippen molar-refractivity contribution in [3.05, 3.63) is 18.0 Å². The first-order valence-electron chi connectivity index (χ1n) is 4.04. The molecule has 6 nitrogen and oxygen atoms in total. The number of carboxylic acids is 1. The number of rotatable bonds is 3. The molecule has 2 N–H and O–H groups in total. The van der Waals surface area contributed by atoms with Crippen LogP contribution < -0.4 is 5.32 Å². The maximum Gasteiger partial charge on any atom is 0.325 e. The second kappa shape index (κ2) is 3.91. The Morgan fingerprint density at radius 2 is 2.29 bits per heavy atom. The standard InChI is InChI=1S/C8H11N3O3/c1-5(8(13)14)9-7(12)6-3-4-11(2)10-6/h3-5H,1-2H3,(H,9,12)(H,13,14)/t5-/m1/s1. The van der Waals surface area contributed by atoms with E-state index in [9.17, 15) is 9.59 Å². The van der Waals surface area contributed by atoms with Crippen molar-refractivity contribution in [1.82, 2.24) is 15.1 Å². The lowest BCUT2D eigenvalue weighted by Gasteiger charge is -2.06. The van der Waals surface area contributed by atoms with Gasteiger partial charge in [-0.15, -0.1) is 0 Å². The van der Waals surface area contributed by atoms with Crippen LogP contribution in [0.5, 0.6) is 0 Å². The third-order valence-corrected chi connectivity index (χ3v) is 1.66. The van der Waals surface area contributed by atoms with Crippen LogP contribution in [0.25, 0.3) is 0 Å². The molecule has 0 aliphatic carbocycles. The molecule has 1 aromatic heterocycles. The molecule has 1 aromatic rings. The third-order valence-electron chi connectivity index (χ3n) is 1.66. The van der Waals surface area contributed by atoms with Crippen LogP contribution in [0.3, 0.4) is 0 Å². The predicted octanol–water partition coefficient (Wildman–Crippen LogP) is -0.377. The van der Waals surface area contributed by atoms with Gasteiger partial charge in [-0.05, 0) is 13.0 Å². The van der Waals surface area contributed by atoms with Crippen molar-refractivity contribution in [2.45, 2.75) is 13.0 Å². The van der Waals surface area contributed by atoms with Gasteiger partial charge >= 0.3 is 5.97 Å². The van der Waals surface area contributed by atoms with E-state index in [1.807, 2.05) is 0 Å². The van der Waals surface area contributed by atoms with Gasteiger partial charge in [0.1, 0.15) is 11.7 Å². The highest BCUT2D eigenvalue weighted by molar-refractivity contribution is 5.94. The SMILES string of the molecule is C[C@@H](NC(=O)c1ccn(C)n1)C(=O)O. The Kier molecular flexibility index (Phi) is 2.85. The molecule has 0 saturated heterocycles. The highest BCUT2D eigenvalue weighted by atomic mass is 16.4. The van der Waals surface area contributed by atoms with Gasteiger partial charge in [0.25, 0.3) is 5.91 Å². The highest BCUT2D eigenvalue weighted by Crippen LogP contribution is 1.94. The number of hydrogen-bond acceptors (Lipinski definition) is 3. The van der Waals surface area contributed by atoms with E-state index in [1.54, 1.807) is 13.2 Å². The molecule has 14 heavy (non-hydrogen) atoms. The molecule has 0 radical (unpaired) electrons. The van der Waals surface area contributed by atoms with Gasteiger partial charge in [0.05, 0.1) is 0 Å². The lowest BCUT2D eigenvalue weighted by molar-refractivity contribution is -0.138. The van der Waals surface area contributed by atoms with Gasteiger partial charge in [-0.25, -0.2) is 0 Å². The van der Waals surface area contributed by atoms with Crippen LogP contribution in [0.4, 0.5) is 0 Å². The number of carbonyl (C=O) groups excluding carboxylic acids is 1. The maximum atomic E-state index is 11.3. The van der Waals surface area contributed by atoms with Crippen molar-refractivity contribution in [2.75, 3.05) is 0 Å². The van der Waals surface area contributed by atoms with Crippen LogP contribution in [-0.2, 0) is 11.8 Å². The highest BCUT2D eigenvalue weighted by Gasteiger charge is 2.16. The number of aromatic nitrogens is 2. The topological polar surface area (TPSA) is 84.2 Å². The molecule has 76 valence electrons. The van der Waals surface area contributed by atoms with Gasteiger partial charge in [-0.1, -0.05) is 0 Å². The molecule has 0 aliphatic rings. The molecular weight excluding hydrogens is 186 g/mol. The van der Waals surface area contributed by atoms with E-state index in [0.717, 1.165) is 0 Å². The number of aryl methyl sites for hydroxylation is 1. The predicted molar refractivity (Wildman–Crippen MR) is 47.8 cm³/mol. The van der Waals surface area contributed by atoms with Crippen molar-refractivity contribution in [3.63, 3.8) is 0 Å². The van der Waals surface area contributed by atoms with Crippen molar-refractivity contribution >= 4 is 11.9 Å². The average molecular weight is 197 g/mol. The van der Waals surface area contributed by atoms with Gasteiger partial charge in [0, 0.05) is 13.2 Å². The van der Waals surface area contributed by atoms with E-state index < -0.39 is 17.9 Å². The summed E-state index contributed by atoms with van der Waals surface area (Å²) in [6, 6.07) is 0.605. The van der Waals surface area contributed by atoms with E-state index in [-0.39, 0.29) is 5.69 Å². The largest absolute Gasteiger partial charge is 0.480 e. The number of amides is 1. The minimum atomic E-state index is -1.07. The van der Waals surface area contributed by atoms with Crippen molar-refractivity contribution < 1.29 is 14.7 Å². The fourth-order valence-corrected chi connectivity index (χ4v) is 0.868. The van der Waals surface area contributed by atoms with E-state index in [4.69, 9.17) is 5.11 Å². The van der Waals surface area contributed by atoms with E-state index in [0.29, 0.717) is 0 Å². The minimum Gasteiger partial charge on any atom is -0.480 e. The molecule has 0 aromatic carbocycles. The summed E-state index contributed by atoms with van der Waals surface area (Å²) in [6.07, 6.45) is 1.61. The summed E-state index contributed by atoms with van der Waals surface area (Å²) in [5.41, 5.74) is 0.209. The van der Waals surface area contributed by atoms with Gasteiger partial charge in [0.2, 0.25) is 0 Å². The molecule has 0 unspecified atom stereocenters. The number of nitrogens with zero attached hydrogens (tertiary/aromatic N) is 2. The lowest BCUT2D eigenvalue weighted by atomic mass is 10.3. The molecule has 1 heterocycles. The first-order valence-corrected chi connectivity index (χ1v) is 4.04. The molecule has 1 amide bonds. The van der Waals surface area contributed by atoms with Gasteiger partial charge in [-0.3, -0.25) is 14.3 Å². The summed E-state index contributed by atoms with van der Waals surface area (Å²) >= 11 is 0. The molecule has 0 bridgehead atoms. The number of aliphatic carboxylic acids is 1. The van der Waals surface area contributed by atoms with Crippen molar-refractivity contribution in [2.24, 2.45) is 7.05 Å². The van der Waals surface area contributed by atoms with Crippen molar-refractivity contribution in [3.8, 4) is 0 Å². The van der Waals surface area contributed by atoms with Crippen LogP contribution in [0.1, 0.15) is 17.4 Å². The first kappa shape index (κ1) is 10.2. The molecule has 1 atom stereocenters. The molecule has 0 saturated carbocycles. The maximum absolute atomic E-state index is 11.3. The molecule has 0 spiro atoms. The Hall–Kier alpha value is -1.85. The molecule has 6 heteroatoms. The molecular formula is C8H11N3O3. The second-order valence-corrected chi connectivity index (χ2v) is 2.91. The van der Waals surface area contributed by atoms with E-state index >= 15 is 0 Å². The van der Waals surface area contributed by atoms with E-state index in [1.165, 1.54) is 17.7 Å². The number of carboxylic acid groups (broad SMARTS) is 1. The quantitative estimate of drug-likeness (QED) is 0.692. The number of hydrogen-bond donors (Lipinski definition) is 2. The smallest absolute Gasteiger partial charge is 0.325 e. The zero-order valence-electron chi connectivity index (χ0n) is 7.89. The van der Waals surface area contributed by atoms with Crippen LogP contribution in [0, 0.1) is 0 Å². The first-order chi connectivity index (χ1) is 6.50. The Bertz CT molecular complexity index is 358. The van der Waals surface area contributed by atoms with Crippen LogP contribution in [0.2, 0.25) is 0 Å². The summed E-state index contributed by atoms with van der Waals surface area (Å²) < 4.78 is 1.47. The second-order valence-electron chi connectivity index (χ2n) is 2.91. The van der Waals surface area contributed by atoms with Crippen molar-refractivity contribution in [1.29, 1.82) is 0 Å². The summed E-state index contributed by atoms with van der Waals surface area (Å²) in [5.74, 6) is -1.56. The van der Waals surface area contributed by atoms with Gasteiger partial charge in [0.15, 0.2) is 0 Å². The Morgan fingerprint density at radius 3 is 2.71 bits per heavy atom. The summed E-state index contributed by atoms with van der Waals surface area (Å²) in [7, 11) is 1.68. The molecule has 0 fully saturated rings. The zero-order chi connectivity index (χ0) is 10.7. The lowest BCUT2D eigenvalue weighted by Crippen LogP contribution is -2.38. The van der Waals surface area contributed by atoms with Crippen LogP contribution in [-0.4, -0.2) is 32.8 Å². The summed E-state index contributed by atoms with van der Waals surface area (Å²) in [4.78, 5) is 21.8. The number of nitrogens with one attached hydrogen (secondary N) is 1. The van der Waals surface area contributed by atoms with Gasteiger partial charge < -0.3 is 10.4 Å². The Balaban J connectivity index is 2.63. The zero-order valence-corrected chi connectivity index (χ0v) is 7.89. The summed E-state index contributed by atoms with van der Waals surface area (Å²) in [6.45, 7) is 1.39. The fraction of sp³-hybridized carbons (Fsp3) is 0.375. The van der Waals surface area contributed by atoms with Crippen LogP contribution in [0.15, 0.2) is 12.3 Å². The molecule has 1 rings (SSSR count). The van der Waals surface area contributed by atoms with Gasteiger partial charge in [-0.2, -0.15) is 5.10 Å². The van der Waals surface area contributed by atoms with E-state index in [2.05, 4.69) is 10.4 Å². The molecule has 0 aliphatic heterocycles. The number of carbonyl (C=O) groups is 2. The Morgan fingerprint density at radius 1 is 1.64 bits per heavy atom. The summed E-state index contributed by atoms with van der Waals surface area (Å²) in [5, 5.41) is 14.7. The Labute approximate surface area is 80.5 Å². The minimum absolute atomic E-state index is 0.209. The monoisotopic (exact) mass is 197 g/mol. The normalized spacial score (nSPS) is 12.1. The third kappa shape index (κ3) is 2.32.